The van der Waals surface area contributed by atoms with Gasteiger partial charge in [-0.2, -0.15) is 4.57 Å². The molecule has 0 fully saturated rings. The van der Waals surface area contributed by atoms with Crippen molar-refractivity contribution in [3.8, 4) is 34.3 Å². The van der Waals surface area contributed by atoms with Crippen molar-refractivity contribution < 1.29 is 40.5 Å². The topological polar surface area (TPSA) is 40.8 Å². The van der Waals surface area contributed by atoms with E-state index in [9.17, 15) is 0 Å². The molecule has 0 spiro atoms. The van der Waals surface area contributed by atoms with Crippen LogP contribution in [0.5, 0.6) is 23.0 Å². The van der Waals surface area contributed by atoms with E-state index >= 15 is 0 Å². The third-order valence-corrected chi connectivity index (χ3v) is 7.38. The van der Waals surface area contributed by atoms with E-state index in [1.54, 1.807) is 18.9 Å². The first kappa shape index (κ1) is 24.1. The van der Waals surface area contributed by atoms with Crippen LogP contribution >= 0.6 is 23.4 Å². The van der Waals surface area contributed by atoms with E-state index < -0.39 is 0 Å². The van der Waals surface area contributed by atoms with Gasteiger partial charge >= 0.3 is 0 Å². The van der Waals surface area contributed by atoms with Gasteiger partial charge in [0.05, 0.1) is 24.7 Å². The number of methoxy groups -OCH3 is 1. The Morgan fingerprint density at radius 2 is 1.91 bits per heavy atom. The van der Waals surface area contributed by atoms with Crippen LogP contribution in [-0.2, 0) is 13.0 Å². The molecule has 1 aromatic heterocycles. The fourth-order valence-corrected chi connectivity index (χ4v) is 5.61. The molecule has 180 valence electrons. The van der Waals surface area contributed by atoms with Crippen molar-refractivity contribution in [2.24, 2.45) is 0 Å². The van der Waals surface area contributed by atoms with E-state index in [-0.39, 0.29) is 23.8 Å². The van der Waals surface area contributed by atoms with Crippen LogP contribution in [-0.4, -0.2) is 26.3 Å². The first-order chi connectivity index (χ1) is 16.7. The highest BCUT2D eigenvalue weighted by Gasteiger charge is 2.28. The maximum Gasteiger partial charge on any atom is 0.231 e. The lowest BCUT2D eigenvalue weighted by molar-refractivity contribution is -0.686. The van der Waals surface area contributed by atoms with Crippen LogP contribution in [0.15, 0.2) is 65.7 Å². The van der Waals surface area contributed by atoms with Gasteiger partial charge in [0.15, 0.2) is 35.7 Å². The van der Waals surface area contributed by atoms with Gasteiger partial charge in [0, 0.05) is 28.2 Å². The molecule has 0 bridgehead atoms. The number of fused-ring (bicyclic) bond motifs is 5. The first-order valence-corrected chi connectivity index (χ1v) is 12.5. The maximum absolute atomic E-state index is 6.29. The molecule has 35 heavy (non-hydrogen) atoms. The summed E-state index contributed by atoms with van der Waals surface area (Å²) >= 11 is 7.82. The van der Waals surface area contributed by atoms with Gasteiger partial charge in [-0.05, 0) is 53.4 Å². The molecule has 0 radical (unpaired) electrons. The third-order valence-electron chi connectivity index (χ3n) is 6.19. The molecule has 0 aliphatic carbocycles. The number of hydrogen-bond donors (Lipinski definition) is 0. The van der Waals surface area contributed by atoms with Gasteiger partial charge in [0.2, 0.25) is 12.5 Å². The average Bonchev–Trinajstić information content (AvgIpc) is 3.31. The van der Waals surface area contributed by atoms with Crippen molar-refractivity contribution >= 4 is 34.1 Å². The smallest absolute Gasteiger partial charge is 0.231 e. The van der Waals surface area contributed by atoms with Gasteiger partial charge in [-0.3, -0.25) is 0 Å². The molecule has 8 heteroatoms. The highest BCUT2D eigenvalue weighted by molar-refractivity contribution is 7.99. The number of pyridine rings is 1. The van der Waals surface area contributed by atoms with Crippen LogP contribution in [0.4, 0.5) is 0 Å². The summed E-state index contributed by atoms with van der Waals surface area (Å²) < 4.78 is 25.4. The second-order valence-corrected chi connectivity index (χ2v) is 9.82. The summed E-state index contributed by atoms with van der Waals surface area (Å²) in [6.07, 6.45) is 3.12. The van der Waals surface area contributed by atoms with Crippen molar-refractivity contribution in [2.45, 2.75) is 17.9 Å². The third kappa shape index (κ3) is 4.65. The number of thioether (sulfide) groups is 1. The fourth-order valence-electron chi connectivity index (χ4n) is 4.57. The largest absolute Gasteiger partial charge is 1.00 e. The fraction of sp³-hybridized carbons (Fsp3) is 0.222. The highest BCUT2D eigenvalue weighted by atomic mass is 79.9. The summed E-state index contributed by atoms with van der Waals surface area (Å²) in [5, 5.41) is 2.89. The zero-order chi connectivity index (χ0) is 23.1. The van der Waals surface area contributed by atoms with Crippen molar-refractivity contribution in [3.63, 3.8) is 0 Å². The molecule has 5 nitrogen and oxygen atoms in total. The normalized spacial score (nSPS) is 13.1. The van der Waals surface area contributed by atoms with Gasteiger partial charge < -0.3 is 35.9 Å². The molecule has 2 aliphatic heterocycles. The minimum absolute atomic E-state index is 0. The van der Waals surface area contributed by atoms with Crippen molar-refractivity contribution in [2.75, 3.05) is 26.3 Å². The predicted octanol–water partition coefficient (Wildman–Crippen LogP) is 2.92. The first-order valence-electron chi connectivity index (χ1n) is 11.2. The highest BCUT2D eigenvalue weighted by Crippen LogP contribution is 2.41. The lowest BCUT2D eigenvalue weighted by Crippen LogP contribution is -3.00. The summed E-state index contributed by atoms with van der Waals surface area (Å²) in [4.78, 5) is 1.13. The number of nitrogens with zero attached hydrogens (tertiary/aromatic N) is 1. The van der Waals surface area contributed by atoms with Gasteiger partial charge in [-0.15, -0.1) is 11.8 Å². The summed E-state index contributed by atoms with van der Waals surface area (Å²) in [7, 11) is 1.68. The number of hydrogen-bond acceptors (Lipinski definition) is 5. The Morgan fingerprint density at radius 3 is 2.74 bits per heavy atom. The SMILES string of the molecule is COc1ccc2cc3[n+](cc2c1OCCSc1cccc(Cl)c1)CCc1cc2c(cc1-3)OCO2.[Br-]. The Kier molecular flexibility index (Phi) is 7.00. The molecular formula is C27H23BrClNO4S. The molecule has 6 rings (SSSR count). The van der Waals surface area contributed by atoms with Gasteiger partial charge in [0.1, 0.15) is 0 Å². The average molecular weight is 573 g/mol. The van der Waals surface area contributed by atoms with Crippen LogP contribution in [0, 0.1) is 0 Å². The molecule has 3 heterocycles. The number of halogens is 2. The van der Waals surface area contributed by atoms with Gasteiger partial charge in [0.25, 0.3) is 0 Å². The predicted molar refractivity (Wildman–Crippen MR) is 134 cm³/mol. The summed E-state index contributed by atoms with van der Waals surface area (Å²) in [6, 6.07) is 18.4. The number of ether oxygens (including phenoxy) is 4. The Bertz CT molecular complexity index is 1410. The lowest BCUT2D eigenvalue weighted by atomic mass is 9.95. The van der Waals surface area contributed by atoms with E-state index in [0.717, 1.165) is 62.4 Å². The molecule has 0 unspecified atom stereocenters. The van der Waals surface area contributed by atoms with Crippen LogP contribution in [0.1, 0.15) is 5.56 Å². The molecule has 0 saturated heterocycles. The monoisotopic (exact) mass is 571 g/mol. The van der Waals surface area contributed by atoms with E-state index in [1.807, 2.05) is 24.3 Å². The molecule has 0 saturated carbocycles. The van der Waals surface area contributed by atoms with E-state index in [1.165, 1.54) is 16.8 Å². The second-order valence-electron chi connectivity index (χ2n) is 8.22. The minimum Gasteiger partial charge on any atom is -1.00 e. The maximum atomic E-state index is 6.29. The van der Waals surface area contributed by atoms with Crippen molar-refractivity contribution in [1.29, 1.82) is 0 Å². The molecule has 0 amide bonds. The zero-order valence-electron chi connectivity index (χ0n) is 19.1. The second kappa shape index (κ2) is 10.2. The van der Waals surface area contributed by atoms with Crippen LogP contribution < -0.4 is 40.5 Å². The van der Waals surface area contributed by atoms with Crippen LogP contribution in [0.3, 0.4) is 0 Å². The number of rotatable bonds is 6. The van der Waals surface area contributed by atoms with E-state index in [2.05, 4.69) is 41.1 Å². The number of aromatic nitrogens is 1. The standard InChI is InChI=1S/C27H23ClNO4S.BrH/c1-30-24-6-5-17-11-23-21-14-26-25(32-16-33-26)12-18(21)7-8-29(23)15-22(17)27(24)31-9-10-34-20-4-2-3-19(28)13-20;/h2-6,11-15H,7-10,16H2,1H3;1H/q+1;/p-1. The van der Waals surface area contributed by atoms with Gasteiger partial charge in [-0.1, -0.05) is 17.7 Å². The zero-order valence-corrected chi connectivity index (χ0v) is 22.2. The molecule has 0 atom stereocenters. The quantitative estimate of drug-likeness (QED) is 0.202. The Balaban J connectivity index is 0.00000253. The lowest BCUT2D eigenvalue weighted by Gasteiger charge is -2.18. The Hall–Kier alpha value is -2.61. The molecule has 3 aromatic carbocycles. The number of benzene rings is 3. The summed E-state index contributed by atoms with van der Waals surface area (Å²) in [5.74, 6) is 3.96. The minimum atomic E-state index is 0. The van der Waals surface area contributed by atoms with Gasteiger partial charge in [-0.25, -0.2) is 0 Å². The van der Waals surface area contributed by atoms with Crippen LogP contribution in [0.2, 0.25) is 5.02 Å². The molecular weight excluding hydrogens is 550 g/mol. The summed E-state index contributed by atoms with van der Waals surface area (Å²) in [5.41, 5.74) is 3.64. The van der Waals surface area contributed by atoms with Crippen LogP contribution in [0.25, 0.3) is 22.0 Å². The van der Waals surface area contributed by atoms with E-state index in [0.29, 0.717) is 6.61 Å². The Morgan fingerprint density at radius 1 is 1.06 bits per heavy atom. The van der Waals surface area contributed by atoms with E-state index in [4.69, 9.17) is 30.5 Å². The Labute approximate surface area is 223 Å². The van der Waals surface area contributed by atoms with Crippen molar-refractivity contribution in [1.82, 2.24) is 0 Å². The van der Waals surface area contributed by atoms with Crippen molar-refractivity contribution in [3.05, 3.63) is 71.4 Å². The summed E-state index contributed by atoms with van der Waals surface area (Å²) in [6.45, 7) is 1.73. The number of aryl methyl sites for hydroxylation is 2. The molecule has 0 N–H and O–H groups in total. The molecule has 4 aromatic rings. The molecule has 2 aliphatic rings.